The van der Waals surface area contributed by atoms with E-state index in [2.05, 4.69) is 66.0 Å². The molecule has 4 nitrogen and oxygen atoms in total. The van der Waals surface area contributed by atoms with Crippen molar-refractivity contribution in [3.05, 3.63) is 78.9 Å². The lowest BCUT2D eigenvalue weighted by molar-refractivity contribution is 0.303. The molecule has 4 heteroatoms. The molecule has 0 amide bonds. The fraction of sp³-hybridized carbons (Fsp3) is 0.208. The van der Waals surface area contributed by atoms with Crippen molar-refractivity contribution in [2.45, 2.75) is 13.0 Å². The van der Waals surface area contributed by atoms with E-state index in [1.165, 1.54) is 5.69 Å². The smallest absolute Gasteiger partial charge is 0.141 e. The number of anilines is 1. The lowest BCUT2D eigenvalue weighted by atomic mass is 10.2. The van der Waals surface area contributed by atoms with Gasteiger partial charge in [-0.2, -0.15) is 0 Å². The number of hydrogen-bond donors (Lipinski definition) is 0. The third-order valence-corrected chi connectivity index (χ3v) is 4.83. The van der Waals surface area contributed by atoms with Crippen LogP contribution >= 0.6 is 0 Å². The Balaban J connectivity index is 1.56. The van der Waals surface area contributed by atoms with Gasteiger partial charge in [0.25, 0.3) is 0 Å². The first-order valence-corrected chi connectivity index (χ1v) is 9.63. The third-order valence-electron chi connectivity index (χ3n) is 4.83. The molecule has 0 aliphatic rings. The van der Waals surface area contributed by atoms with Crippen LogP contribution < -0.4 is 9.64 Å². The van der Waals surface area contributed by atoms with Crippen molar-refractivity contribution < 1.29 is 4.74 Å². The first-order valence-electron chi connectivity index (χ1n) is 9.63. The number of imidazole rings is 1. The minimum Gasteiger partial charge on any atom is -0.494 e. The Hall–Kier alpha value is -3.27. The normalized spacial score (nSPS) is 10.9. The third kappa shape index (κ3) is 3.86. The predicted molar refractivity (Wildman–Crippen MR) is 116 cm³/mol. The van der Waals surface area contributed by atoms with Gasteiger partial charge >= 0.3 is 0 Å². The van der Waals surface area contributed by atoms with Crippen LogP contribution in [0.15, 0.2) is 78.9 Å². The Morgan fingerprint density at radius 3 is 2.32 bits per heavy atom. The molecule has 1 aromatic heterocycles. The molecule has 0 atom stereocenters. The summed E-state index contributed by atoms with van der Waals surface area (Å²) in [7, 11) is 4.11. The van der Waals surface area contributed by atoms with Crippen LogP contribution in [0.25, 0.3) is 22.4 Å². The molecule has 0 unspecified atom stereocenters. The van der Waals surface area contributed by atoms with Crippen molar-refractivity contribution in [3.63, 3.8) is 0 Å². The quantitative estimate of drug-likeness (QED) is 0.416. The van der Waals surface area contributed by atoms with Gasteiger partial charge < -0.3 is 14.2 Å². The van der Waals surface area contributed by atoms with E-state index in [1.807, 2.05) is 36.4 Å². The molecule has 0 bridgehead atoms. The average molecular weight is 371 g/mol. The number of aromatic nitrogens is 2. The molecule has 0 saturated heterocycles. The van der Waals surface area contributed by atoms with Crippen LogP contribution in [0.2, 0.25) is 0 Å². The number of aryl methyl sites for hydroxylation is 1. The van der Waals surface area contributed by atoms with E-state index in [0.717, 1.165) is 41.1 Å². The molecule has 0 saturated carbocycles. The standard InChI is InChI=1S/C24H25N3O/c1-26(2)20-15-13-19(14-16-20)24-25-22-11-6-7-12-23(22)27(24)17-8-18-28-21-9-4-3-5-10-21/h3-7,9-16H,8,17-18H2,1-2H3. The highest BCUT2D eigenvalue weighted by Gasteiger charge is 2.12. The zero-order valence-electron chi connectivity index (χ0n) is 16.4. The second kappa shape index (κ2) is 8.17. The molecule has 0 spiro atoms. The average Bonchev–Trinajstić information content (AvgIpc) is 3.11. The molecular weight excluding hydrogens is 346 g/mol. The minimum atomic E-state index is 0.676. The maximum atomic E-state index is 5.86. The summed E-state index contributed by atoms with van der Waals surface area (Å²) < 4.78 is 8.16. The van der Waals surface area contributed by atoms with Crippen molar-refractivity contribution >= 4 is 16.7 Å². The highest BCUT2D eigenvalue weighted by atomic mass is 16.5. The number of fused-ring (bicyclic) bond motifs is 1. The molecule has 142 valence electrons. The Morgan fingerprint density at radius 2 is 1.57 bits per heavy atom. The highest BCUT2D eigenvalue weighted by Crippen LogP contribution is 2.26. The van der Waals surface area contributed by atoms with E-state index in [9.17, 15) is 0 Å². The molecule has 0 fully saturated rings. The maximum Gasteiger partial charge on any atom is 0.141 e. The Kier molecular flexibility index (Phi) is 5.29. The van der Waals surface area contributed by atoms with E-state index in [-0.39, 0.29) is 0 Å². The fourth-order valence-corrected chi connectivity index (χ4v) is 3.36. The van der Waals surface area contributed by atoms with Gasteiger partial charge in [-0.05, 0) is 55.0 Å². The van der Waals surface area contributed by atoms with Gasteiger partial charge in [0.05, 0.1) is 17.6 Å². The molecule has 4 rings (SSSR count). The summed E-state index contributed by atoms with van der Waals surface area (Å²) in [6.45, 7) is 1.54. The van der Waals surface area contributed by atoms with E-state index in [1.54, 1.807) is 0 Å². The van der Waals surface area contributed by atoms with Crippen LogP contribution in [0.1, 0.15) is 6.42 Å². The van der Waals surface area contributed by atoms with Gasteiger partial charge in [-0.3, -0.25) is 0 Å². The molecular formula is C24H25N3O. The zero-order chi connectivity index (χ0) is 19.3. The molecule has 1 heterocycles. The number of para-hydroxylation sites is 3. The number of hydrogen-bond acceptors (Lipinski definition) is 3. The SMILES string of the molecule is CN(C)c1ccc(-c2nc3ccccc3n2CCCOc2ccccc2)cc1. The van der Waals surface area contributed by atoms with Gasteiger partial charge in [-0.25, -0.2) is 4.98 Å². The molecule has 28 heavy (non-hydrogen) atoms. The van der Waals surface area contributed by atoms with Crippen LogP contribution in [0.3, 0.4) is 0 Å². The first kappa shape index (κ1) is 18.1. The van der Waals surface area contributed by atoms with Gasteiger partial charge in [0, 0.05) is 31.9 Å². The van der Waals surface area contributed by atoms with E-state index in [4.69, 9.17) is 9.72 Å². The Morgan fingerprint density at radius 1 is 0.857 bits per heavy atom. The van der Waals surface area contributed by atoms with Crippen LogP contribution in [-0.2, 0) is 6.54 Å². The van der Waals surface area contributed by atoms with Crippen LogP contribution in [0.5, 0.6) is 5.75 Å². The summed E-state index contributed by atoms with van der Waals surface area (Å²) in [5.74, 6) is 1.92. The molecule has 0 aliphatic carbocycles. The maximum absolute atomic E-state index is 5.86. The number of nitrogens with zero attached hydrogens (tertiary/aromatic N) is 3. The lowest BCUT2D eigenvalue weighted by Crippen LogP contribution is -2.08. The largest absolute Gasteiger partial charge is 0.494 e. The second-order valence-corrected chi connectivity index (χ2v) is 7.03. The number of rotatable bonds is 7. The van der Waals surface area contributed by atoms with Crippen molar-refractivity contribution in [3.8, 4) is 17.1 Å². The van der Waals surface area contributed by atoms with Crippen molar-refractivity contribution in [2.24, 2.45) is 0 Å². The summed E-state index contributed by atoms with van der Waals surface area (Å²) >= 11 is 0. The summed E-state index contributed by atoms with van der Waals surface area (Å²) in [5.41, 5.74) is 4.50. The van der Waals surface area contributed by atoms with E-state index >= 15 is 0 Å². The van der Waals surface area contributed by atoms with Gasteiger partial charge in [-0.1, -0.05) is 30.3 Å². The van der Waals surface area contributed by atoms with Gasteiger partial charge in [0.1, 0.15) is 11.6 Å². The first-order chi connectivity index (χ1) is 13.7. The van der Waals surface area contributed by atoms with Crippen molar-refractivity contribution in [1.29, 1.82) is 0 Å². The van der Waals surface area contributed by atoms with Crippen LogP contribution in [-0.4, -0.2) is 30.3 Å². The molecule has 0 N–H and O–H groups in total. The molecule has 0 aliphatic heterocycles. The summed E-state index contributed by atoms with van der Waals surface area (Å²) in [4.78, 5) is 7.01. The van der Waals surface area contributed by atoms with Crippen molar-refractivity contribution in [1.82, 2.24) is 9.55 Å². The predicted octanol–water partition coefficient (Wildman–Crippen LogP) is 5.24. The highest BCUT2D eigenvalue weighted by molar-refractivity contribution is 5.80. The molecule has 0 radical (unpaired) electrons. The fourth-order valence-electron chi connectivity index (χ4n) is 3.36. The summed E-state index contributed by atoms with van der Waals surface area (Å²) in [6.07, 6.45) is 0.915. The van der Waals surface area contributed by atoms with Crippen molar-refractivity contribution in [2.75, 3.05) is 25.6 Å². The van der Waals surface area contributed by atoms with Crippen LogP contribution in [0, 0.1) is 0 Å². The summed E-state index contributed by atoms with van der Waals surface area (Å²) in [5, 5.41) is 0. The van der Waals surface area contributed by atoms with E-state index in [0.29, 0.717) is 6.61 Å². The lowest BCUT2D eigenvalue weighted by Gasteiger charge is -2.14. The van der Waals surface area contributed by atoms with Gasteiger partial charge in [0.15, 0.2) is 0 Å². The van der Waals surface area contributed by atoms with Gasteiger partial charge in [-0.15, -0.1) is 0 Å². The van der Waals surface area contributed by atoms with Crippen LogP contribution in [0.4, 0.5) is 5.69 Å². The summed E-state index contributed by atoms with van der Waals surface area (Å²) in [6, 6.07) is 26.9. The minimum absolute atomic E-state index is 0.676. The zero-order valence-corrected chi connectivity index (χ0v) is 16.4. The number of benzene rings is 3. The van der Waals surface area contributed by atoms with E-state index < -0.39 is 0 Å². The topological polar surface area (TPSA) is 30.3 Å². The second-order valence-electron chi connectivity index (χ2n) is 7.03. The van der Waals surface area contributed by atoms with Gasteiger partial charge in [0.2, 0.25) is 0 Å². The number of ether oxygens (including phenoxy) is 1. The monoisotopic (exact) mass is 371 g/mol. The Labute approximate surface area is 166 Å². The Bertz CT molecular complexity index is 1040. The molecule has 4 aromatic rings. The molecule has 3 aromatic carbocycles.